The van der Waals surface area contributed by atoms with Crippen LogP contribution in [0.3, 0.4) is 0 Å². The topological polar surface area (TPSA) is 59.0 Å². The summed E-state index contributed by atoms with van der Waals surface area (Å²) in [5, 5.41) is 10.9. The highest BCUT2D eigenvalue weighted by Gasteiger charge is 2.24. The number of hydrogen-bond acceptors (Lipinski definition) is 3. The Hall–Kier alpha value is -1.85. The molecule has 0 saturated carbocycles. The van der Waals surface area contributed by atoms with Gasteiger partial charge in [0.25, 0.3) is 5.91 Å². The molecule has 1 aliphatic heterocycles. The van der Waals surface area contributed by atoms with E-state index in [1.165, 1.54) is 0 Å². The molecule has 2 N–H and O–H groups in total. The third kappa shape index (κ3) is 3.62. The molecule has 1 saturated heterocycles. The van der Waals surface area contributed by atoms with Gasteiger partial charge in [-0.3, -0.25) is 4.79 Å². The van der Waals surface area contributed by atoms with Crippen molar-refractivity contribution in [1.82, 2.24) is 20.4 Å². The van der Waals surface area contributed by atoms with Crippen molar-refractivity contribution >= 4 is 18.3 Å². The quantitative estimate of drug-likeness (QED) is 0.896. The third-order valence-electron chi connectivity index (χ3n) is 4.70. The highest BCUT2D eigenvalue weighted by molar-refractivity contribution is 5.95. The summed E-state index contributed by atoms with van der Waals surface area (Å²) in [6.07, 6.45) is 2.64. The van der Waals surface area contributed by atoms with Gasteiger partial charge >= 0.3 is 0 Å². The lowest BCUT2D eigenvalue weighted by molar-refractivity contribution is 0.0913. The largest absolute Gasteiger partial charge is 0.349 e. The molecule has 1 aliphatic rings. The molecule has 24 heavy (non-hydrogen) atoms. The first-order valence-electron chi connectivity index (χ1n) is 8.20. The maximum Gasteiger partial charge on any atom is 0.254 e. The number of hydrogen-bond donors (Lipinski definition) is 2. The lowest BCUT2D eigenvalue weighted by Crippen LogP contribution is -2.48. The van der Waals surface area contributed by atoms with Crippen LogP contribution in [0.25, 0.3) is 5.69 Å². The number of amides is 1. The van der Waals surface area contributed by atoms with E-state index in [2.05, 4.69) is 22.7 Å². The van der Waals surface area contributed by atoms with Crippen LogP contribution >= 0.6 is 12.4 Å². The van der Waals surface area contributed by atoms with Crippen molar-refractivity contribution < 1.29 is 4.79 Å². The molecule has 6 heteroatoms. The van der Waals surface area contributed by atoms with E-state index >= 15 is 0 Å². The van der Waals surface area contributed by atoms with Gasteiger partial charge in [-0.15, -0.1) is 12.4 Å². The molecule has 0 radical (unpaired) electrons. The fourth-order valence-corrected chi connectivity index (χ4v) is 3.15. The molecular weight excluding hydrogens is 324 g/mol. The monoisotopic (exact) mass is 348 g/mol. The van der Waals surface area contributed by atoms with Crippen LogP contribution in [-0.4, -0.2) is 34.8 Å². The molecule has 1 aromatic carbocycles. The number of para-hydroxylation sites is 1. The summed E-state index contributed by atoms with van der Waals surface area (Å²) < 4.78 is 1.84. The maximum atomic E-state index is 12.6. The number of halogens is 1. The van der Waals surface area contributed by atoms with E-state index in [-0.39, 0.29) is 24.4 Å². The van der Waals surface area contributed by atoms with Crippen LogP contribution in [0.4, 0.5) is 0 Å². The van der Waals surface area contributed by atoms with Crippen molar-refractivity contribution in [1.29, 1.82) is 0 Å². The highest BCUT2D eigenvalue weighted by atomic mass is 35.5. The van der Waals surface area contributed by atoms with Crippen LogP contribution in [0, 0.1) is 19.8 Å². The molecule has 3 rings (SSSR count). The number of aryl methyl sites for hydroxylation is 1. The zero-order valence-corrected chi connectivity index (χ0v) is 15.2. The molecule has 5 nitrogen and oxygen atoms in total. The van der Waals surface area contributed by atoms with Crippen molar-refractivity contribution in [2.24, 2.45) is 5.92 Å². The molecule has 0 spiro atoms. The summed E-state index contributed by atoms with van der Waals surface area (Å²) in [6.45, 7) is 8.07. The number of rotatable bonds is 3. The average molecular weight is 349 g/mol. The van der Waals surface area contributed by atoms with Crippen LogP contribution in [0.15, 0.2) is 30.5 Å². The van der Waals surface area contributed by atoms with Gasteiger partial charge in [-0.05, 0) is 50.9 Å². The Bertz CT molecular complexity index is 713. The van der Waals surface area contributed by atoms with Gasteiger partial charge < -0.3 is 10.6 Å². The minimum absolute atomic E-state index is 0. The van der Waals surface area contributed by atoms with Crippen molar-refractivity contribution in [3.63, 3.8) is 0 Å². The van der Waals surface area contributed by atoms with Gasteiger partial charge in [0.05, 0.1) is 23.1 Å². The molecule has 2 unspecified atom stereocenters. The third-order valence-corrected chi connectivity index (χ3v) is 4.70. The van der Waals surface area contributed by atoms with Crippen LogP contribution in [-0.2, 0) is 0 Å². The van der Waals surface area contributed by atoms with E-state index < -0.39 is 0 Å². The second-order valence-corrected chi connectivity index (χ2v) is 6.39. The zero-order chi connectivity index (χ0) is 16.4. The second-order valence-electron chi connectivity index (χ2n) is 6.39. The fraction of sp³-hybridized carbons (Fsp3) is 0.444. The summed E-state index contributed by atoms with van der Waals surface area (Å²) in [7, 11) is 0. The predicted octanol–water partition coefficient (Wildman–Crippen LogP) is 2.64. The highest BCUT2D eigenvalue weighted by Crippen LogP contribution is 2.18. The molecular formula is C18H25ClN4O. The van der Waals surface area contributed by atoms with Gasteiger partial charge in [-0.25, -0.2) is 4.68 Å². The zero-order valence-electron chi connectivity index (χ0n) is 14.4. The van der Waals surface area contributed by atoms with Gasteiger partial charge in [0, 0.05) is 6.04 Å². The summed E-state index contributed by atoms with van der Waals surface area (Å²) in [5.41, 5.74) is 3.68. The summed E-state index contributed by atoms with van der Waals surface area (Å²) >= 11 is 0. The lowest BCUT2D eigenvalue weighted by Gasteiger charge is -2.30. The lowest BCUT2D eigenvalue weighted by atomic mass is 9.95. The van der Waals surface area contributed by atoms with E-state index in [0.717, 1.165) is 36.5 Å². The molecule has 1 fully saturated rings. The van der Waals surface area contributed by atoms with Gasteiger partial charge in [0.1, 0.15) is 0 Å². The van der Waals surface area contributed by atoms with Crippen molar-refractivity contribution in [3.8, 4) is 5.69 Å². The Morgan fingerprint density at radius 2 is 2.08 bits per heavy atom. The second kappa shape index (κ2) is 7.81. The Morgan fingerprint density at radius 3 is 2.79 bits per heavy atom. The molecule has 2 aromatic rings. The first-order chi connectivity index (χ1) is 11.1. The van der Waals surface area contributed by atoms with Crippen molar-refractivity contribution in [2.45, 2.75) is 33.2 Å². The Balaban J connectivity index is 0.00000208. The number of carbonyl (C=O) groups is 1. The molecule has 2 atom stereocenters. The van der Waals surface area contributed by atoms with Gasteiger partial charge in [0.15, 0.2) is 0 Å². The molecule has 0 aliphatic carbocycles. The summed E-state index contributed by atoms with van der Waals surface area (Å²) in [6, 6.07) is 8.28. The Kier molecular flexibility index (Phi) is 6.02. The summed E-state index contributed by atoms with van der Waals surface area (Å²) in [4.78, 5) is 12.6. The van der Waals surface area contributed by atoms with Gasteiger partial charge in [-0.2, -0.15) is 5.10 Å². The average Bonchev–Trinajstić information content (AvgIpc) is 2.92. The SMILES string of the molecule is Cc1ccccc1-n1ncc(C(=O)NC2CCNCC2C)c1C.Cl. The molecule has 1 amide bonds. The number of piperidine rings is 1. The van der Waals surface area contributed by atoms with E-state index in [0.29, 0.717) is 11.5 Å². The number of nitrogens with one attached hydrogen (secondary N) is 2. The minimum atomic E-state index is -0.0268. The Morgan fingerprint density at radius 1 is 1.33 bits per heavy atom. The smallest absolute Gasteiger partial charge is 0.254 e. The molecule has 130 valence electrons. The van der Waals surface area contributed by atoms with Crippen LogP contribution < -0.4 is 10.6 Å². The van der Waals surface area contributed by atoms with Gasteiger partial charge in [0.2, 0.25) is 0 Å². The minimum Gasteiger partial charge on any atom is -0.349 e. The summed E-state index contributed by atoms with van der Waals surface area (Å²) in [5.74, 6) is 0.417. The van der Waals surface area contributed by atoms with Crippen LogP contribution in [0.2, 0.25) is 0 Å². The van der Waals surface area contributed by atoms with E-state index in [1.54, 1.807) is 6.20 Å². The first-order valence-corrected chi connectivity index (χ1v) is 8.20. The van der Waals surface area contributed by atoms with Crippen molar-refractivity contribution in [3.05, 3.63) is 47.3 Å². The Labute approximate surface area is 149 Å². The number of carbonyl (C=O) groups excluding carboxylic acids is 1. The maximum absolute atomic E-state index is 12.6. The number of benzene rings is 1. The van der Waals surface area contributed by atoms with E-state index in [4.69, 9.17) is 0 Å². The molecule has 0 bridgehead atoms. The first kappa shape index (κ1) is 18.5. The number of nitrogens with zero attached hydrogens (tertiary/aromatic N) is 2. The molecule has 1 aromatic heterocycles. The van der Waals surface area contributed by atoms with E-state index in [9.17, 15) is 4.79 Å². The van der Waals surface area contributed by atoms with Gasteiger partial charge in [-0.1, -0.05) is 25.1 Å². The van der Waals surface area contributed by atoms with Crippen LogP contribution in [0.1, 0.15) is 35.0 Å². The van der Waals surface area contributed by atoms with E-state index in [1.807, 2.05) is 42.8 Å². The van der Waals surface area contributed by atoms with Crippen LogP contribution in [0.5, 0.6) is 0 Å². The van der Waals surface area contributed by atoms with Crippen molar-refractivity contribution in [2.75, 3.05) is 13.1 Å². The fourth-order valence-electron chi connectivity index (χ4n) is 3.15. The predicted molar refractivity (Wildman–Crippen MR) is 98.2 cm³/mol. The normalized spacial score (nSPS) is 20.3. The number of aromatic nitrogens is 2. The molecule has 2 heterocycles. The standard InChI is InChI=1S/C18H24N4O.ClH/c1-12-6-4-5-7-17(12)22-14(3)15(11-20-22)18(23)21-16-8-9-19-10-13(16)2;/h4-7,11,13,16,19H,8-10H2,1-3H3,(H,21,23);1H.